The van der Waals surface area contributed by atoms with E-state index in [-0.39, 0.29) is 5.75 Å². The number of hydrazine groups is 1. The molecule has 0 aliphatic carbocycles. The Bertz CT molecular complexity index is 449. The number of ether oxygens (including phenoxy) is 1. The molecular weight excluding hydrogens is 402 g/mol. The highest BCUT2D eigenvalue weighted by atomic mass is 32.2. The molecule has 182 valence electrons. The van der Waals surface area contributed by atoms with Crippen molar-refractivity contribution in [2.75, 3.05) is 38.5 Å². The Labute approximate surface area is 186 Å². The van der Waals surface area contributed by atoms with Crippen LogP contribution in [0.25, 0.3) is 0 Å². The van der Waals surface area contributed by atoms with Crippen LogP contribution < -0.4 is 11.3 Å². The Morgan fingerprint density at radius 1 is 0.867 bits per heavy atom. The molecule has 0 aromatic rings. The lowest BCUT2D eigenvalue weighted by Gasteiger charge is -2.24. The molecule has 30 heavy (non-hydrogen) atoms. The molecule has 0 aromatic heterocycles. The van der Waals surface area contributed by atoms with Gasteiger partial charge in [0.05, 0.1) is 18.5 Å². The lowest BCUT2D eigenvalue weighted by atomic mass is 10.0. The summed E-state index contributed by atoms with van der Waals surface area (Å²) in [7, 11) is -3.95. The highest BCUT2D eigenvalue weighted by Gasteiger charge is 2.13. The van der Waals surface area contributed by atoms with E-state index < -0.39 is 10.1 Å². The largest absolute Gasteiger partial charge is 0.377 e. The summed E-state index contributed by atoms with van der Waals surface area (Å²) < 4.78 is 37.5. The Morgan fingerprint density at radius 2 is 1.43 bits per heavy atom. The van der Waals surface area contributed by atoms with Gasteiger partial charge in [0.1, 0.15) is 0 Å². The molecule has 0 aromatic carbocycles. The van der Waals surface area contributed by atoms with Crippen LogP contribution in [0.1, 0.15) is 97.3 Å². The highest BCUT2D eigenvalue weighted by Crippen LogP contribution is 2.16. The second-order valence-electron chi connectivity index (χ2n) is 8.33. The molecule has 0 saturated heterocycles. The quantitative estimate of drug-likeness (QED) is 0.0928. The van der Waals surface area contributed by atoms with Crippen molar-refractivity contribution in [1.82, 2.24) is 10.3 Å². The number of hydrogen-bond acceptors (Lipinski definition) is 6. The number of hydrogen-bond donors (Lipinski definition) is 3. The fourth-order valence-electron chi connectivity index (χ4n) is 3.60. The van der Waals surface area contributed by atoms with Crippen molar-refractivity contribution < 1.29 is 17.7 Å². The van der Waals surface area contributed by atoms with Crippen molar-refractivity contribution in [2.45, 2.75) is 103 Å². The third-order valence-electron chi connectivity index (χ3n) is 5.48. The lowest BCUT2D eigenvalue weighted by molar-refractivity contribution is 0.0251. The van der Waals surface area contributed by atoms with Gasteiger partial charge in [-0.25, -0.2) is 0 Å². The zero-order valence-electron chi connectivity index (χ0n) is 19.6. The summed E-state index contributed by atoms with van der Waals surface area (Å²) in [5.74, 6) is 5.07. The predicted molar refractivity (Wildman–Crippen MR) is 126 cm³/mol. The maximum Gasteiger partial charge on any atom is 0.266 e. The van der Waals surface area contributed by atoms with Crippen LogP contribution >= 0.6 is 0 Å². The SMILES string of the molecule is CCCCCCCC(CCCCCCC)OCCN(CCCNN)CCS(=O)(=O)O. The van der Waals surface area contributed by atoms with Crippen LogP contribution in [0.2, 0.25) is 0 Å². The van der Waals surface area contributed by atoms with Crippen LogP contribution in [0.3, 0.4) is 0 Å². The average molecular weight is 452 g/mol. The van der Waals surface area contributed by atoms with Gasteiger partial charge >= 0.3 is 0 Å². The molecule has 0 fully saturated rings. The fraction of sp³-hybridized carbons (Fsp3) is 1.00. The van der Waals surface area contributed by atoms with Crippen LogP contribution in [-0.2, 0) is 14.9 Å². The van der Waals surface area contributed by atoms with Gasteiger partial charge in [-0.2, -0.15) is 8.42 Å². The molecule has 0 unspecified atom stereocenters. The van der Waals surface area contributed by atoms with Gasteiger partial charge in [0.15, 0.2) is 0 Å². The molecular formula is C22H49N3O4S. The first-order chi connectivity index (χ1) is 14.4. The highest BCUT2D eigenvalue weighted by molar-refractivity contribution is 7.85. The molecule has 0 heterocycles. The molecule has 4 N–H and O–H groups in total. The molecule has 7 nitrogen and oxygen atoms in total. The van der Waals surface area contributed by atoms with Crippen molar-refractivity contribution in [3.8, 4) is 0 Å². The molecule has 0 aliphatic heterocycles. The van der Waals surface area contributed by atoms with Crippen molar-refractivity contribution in [1.29, 1.82) is 0 Å². The first kappa shape index (κ1) is 29.8. The summed E-state index contributed by atoms with van der Waals surface area (Å²) in [5.41, 5.74) is 2.62. The summed E-state index contributed by atoms with van der Waals surface area (Å²) in [4.78, 5) is 2.03. The Balaban J connectivity index is 4.39. The van der Waals surface area contributed by atoms with Crippen molar-refractivity contribution >= 4 is 10.1 Å². The van der Waals surface area contributed by atoms with E-state index in [9.17, 15) is 8.42 Å². The standard InChI is InChI=1S/C22H49N3O4S/c1-3-5-7-9-11-14-22(15-12-10-8-6-4-2)29-20-18-25(17-13-16-24-23)19-21-30(26,27)28/h22,24H,3-21,23H2,1-2H3,(H,26,27,28). The minimum Gasteiger partial charge on any atom is -0.377 e. The minimum atomic E-state index is -3.95. The maximum atomic E-state index is 11.1. The Kier molecular flexibility index (Phi) is 20.5. The third kappa shape index (κ3) is 21.0. The van der Waals surface area contributed by atoms with E-state index >= 15 is 0 Å². The first-order valence-electron chi connectivity index (χ1n) is 12.2. The maximum absolute atomic E-state index is 11.1. The molecule has 0 amide bonds. The fourth-order valence-corrected chi connectivity index (χ4v) is 4.08. The number of unbranched alkanes of at least 4 members (excludes halogenated alkanes) is 8. The minimum absolute atomic E-state index is 0.249. The van der Waals surface area contributed by atoms with Gasteiger partial charge in [0.25, 0.3) is 10.1 Å². The predicted octanol–water partition coefficient (Wildman–Crippen LogP) is 4.14. The van der Waals surface area contributed by atoms with E-state index in [0.29, 0.717) is 32.3 Å². The van der Waals surface area contributed by atoms with Crippen molar-refractivity contribution in [3.63, 3.8) is 0 Å². The molecule has 8 heteroatoms. The number of nitrogens with one attached hydrogen (secondary N) is 1. The summed E-state index contributed by atoms with van der Waals surface area (Å²) >= 11 is 0. The van der Waals surface area contributed by atoms with Gasteiger partial charge < -0.3 is 4.74 Å². The lowest BCUT2D eigenvalue weighted by Crippen LogP contribution is -2.36. The molecule has 0 saturated carbocycles. The summed E-state index contributed by atoms with van der Waals surface area (Å²) in [5, 5.41) is 0. The topological polar surface area (TPSA) is 105 Å². The summed E-state index contributed by atoms with van der Waals surface area (Å²) in [6.45, 7) is 7.44. The van der Waals surface area contributed by atoms with Gasteiger partial charge in [0.2, 0.25) is 0 Å². The zero-order chi connectivity index (χ0) is 22.5. The van der Waals surface area contributed by atoms with Crippen molar-refractivity contribution in [2.24, 2.45) is 5.84 Å². The van der Waals surface area contributed by atoms with Crippen LogP contribution in [0.15, 0.2) is 0 Å². The zero-order valence-corrected chi connectivity index (χ0v) is 20.4. The van der Waals surface area contributed by atoms with E-state index in [2.05, 4.69) is 19.3 Å². The van der Waals surface area contributed by atoms with E-state index in [4.69, 9.17) is 15.1 Å². The third-order valence-corrected chi connectivity index (χ3v) is 6.18. The van der Waals surface area contributed by atoms with Crippen LogP contribution in [0.4, 0.5) is 0 Å². The van der Waals surface area contributed by atoms with Gasteiger partial charge in [-0.3, -0.25) is 20.7 Å². The number of nitrogens with two attached hydrogens (primary N) is 1. The van der Waals surface area contributed by atoms with Gasteiger partial charge in [-0.05, 0) is 25.8 Å². The van der Waals surface area contributed by atoms with Crippen LogP contribution in [0, 0.1) is 0 Å². The molecule has 0 bridgehead atoms. The monoisotopic (exact) mass is 451 g/mol. The Morgan fingerprint density at radius 3 is 1.93 bits per heavy atom. The van der Waals surface area contributed by atoms with Gasteiger partial charge in [-0.1, -0.05) is 78.1 Å². The second kappa shape index (κ2) is 20.6. The molecule has 0 aliphatic rings. The van der Waals surface area contributed by atoms with E-state index in [1.165, 1.54) is 64.2 Å². The second-order valence-corrected chi connectivity index (χ2v) is 9.91. The van der Waals surface area contributed by atoms with E-state index in [0.717, 1.165) is 25.8 Å². The van der Waals surface area contributed by atoms with Crippen molar-refractivity contribution in [3.05, 3.63) is 0 Å². The first-order valence-corrected chi connectivity index (χ1v) is 13.8. The van der Waals surface area contributed by atoms with Crippen LogP contribution in [-0.4, -0.2) is 62.5 Å². The normalized spacial score (nSPS) is 12.3. The molecule has 0 rings (SSSR count). The summed E-state index contributed by atoms with van der Waals surface area (Å²) in [6, 6.07) is 0. The summed E-state index contributed by atoms with van der Waals surface area (Å²) in [6.07, 6.45) is 16.1. The number of nitrogens with zero attached hydrogens (tertiary/aromatic N) is 1. The Hall–Kier alpha value is -0.250. The van der Waals surface area contributed by atoms with Gasteiger partial charge in [0, 0.05) is 19.6 Å². The molecule has 0 atom stereocenters. The average Bonchev–Trinajstić information content (AvgIpc) is 2.70. The van der Waals surface area contributed by atoms with Crippen LogP contribution in [0.5, 0.6) is 0 Å². The molecule has 0 radical (unpaired) electrons. The number of rotatable bonds is 23. The van der Waals surface area contributed by atoms with E-state index in [1.54, 1.807) is 0 Å². The van der Waals surface area contributed by atoms with E-state index in [1.807, 2.05) is 4.90 Å². The van der Waals surface area contributed by atoms with Gasteiger partial charge in [-0.15, -0.1) is 0 Å². The molecule has 0 spiro atoms. The smallest absolute Gasteiger partial charge is 0.266 e.